The largest absolute Gasteiger partial charge is 0.462 e. The fourth-order valence-corrected chi connectivity index (χ4v) is 2.94. The van der Waals surface area contributed by atoms with E-state index >= 15 is 0 Å². The molecular weight excluding hydrogens is 258 g/mol. The van der Waals surface area contributed by atoms with Crippen LogP contribution < -0.4 is 0 Å². The van der Waals surface area contributed by atoms with E-state index in [1.54, 1.807) is 0 Å². The van der Waals surface area contributed by atoms with Gasteiger partial charge in [0.15, 0.2) is 0 Å². The molecule has 2 fully saturated rings. The van der Waals surface area contributed by atoms with Gasteiger partial charge in [-0.05, 0) is 12.0 Å². The summed E-state index contributed by atoms with van der Waals surface area (Å²) in [5.74, 6) is -1.56. The Morgan fingerprint density at radius 2 is 1.95 bits per heavy atom. The van der Waals surface area contributed by atoms with Gasteiger partial charge < -0.3 is 4.74 Å². The Labute approximate surface area is 116 Å². The maximum atomic E-state index is 12.3. The minimum Gasteiger partial charge on any atom is -0.462 e. The molecule has 1 aromatic carbocycles. The second-order valence-electron chi connectivity index (χ2n) is 5.26. The lowest BCUT2D eigenvalue weighted by Crippen LogP contribution is -2.45. The number of rotatable bonds is 3. The van der Waals surface area contributed by atoms with Crippen LogP contribution in [0, 0.1) is 11.8 Å². The molecule has 3 rings (SSSR count). The van der Waals surface area contributed by atoms with Gasteiger partial charge in [0, 0.05) is 6.92 Å². The van der Waals surface area contributed by atoms with E-state index in [9.17, 15) is 14.4 Å². The topological polar surface area (TPSA) is 63.7 Å². The fourth-order valence-electron chi connectivity index (χ4n) is 2.94. The zero-order chi connectivity index (χ0) is 14.3. The predicted molar refractivity (Wildman–Crippen MR) is 69.2 cm³/mol. The van der Waals surface area contributed by atoms with Crippen LogP contribution in [-0.2, 0) is 25.7 Å². The Balaban J connectivity index is 1.73. The van der Waals surface area contributed by atoms with Crippen molar-refractivity contribution in [2.75, 3.05) is 0 Å². The van der Waals surface area contributed by atoms with E-state index in [1.165, 1.54) is 11.8 Å². The van der Waals surface area contributed by atoms with Crippen molar-refractivity contribution in [3.05, 3.63) is 35.9 Å². The summed E-state index contributed by atoms with van der Waals surface area (Å²) in [6, 6.07) is 9.39. The number of ether oxygens (including phenoxy) is 1. The zero-order valence-corrected chi connectivity index (χ0v) is 11.1. The van der Waals surface area contributed by atoms with E-state index in [4.69, 9.17) is 4.74 Å². The second kappa shape index (κ2) is 4.74. The average Bonchev–Trinajstić information content (AvgIpc) is 2.57. The number of nitrogens with zero attached hydrogens (tertiary/aromatic N) is 1. The van der Waals surface area contributed by atoms with Gasteiger partial charge in [-0.2, -0.15) is 0 Å². The smallest absolute Gasteiger partial charge is 0.302 e. The highest BCUT2D eigenvalue weighted by molar-refractivity contribution is 6.06. The Kier molecular flexibility index (Phi) is 3.04. The lowest BCUT2D eigenvalue weighted by molar-refractivity contribution is -0.163. The molecule has 2 aliphatic rings. The Bertz CT molecular complexity index is 568. The molecule has 5 nitrogen and oxygen atoms in total. The number of imide groups is 1. The van der Waals surface area contributed by atoms with Crippen molar-refractivity contribution >= 4 is 17.8 Å². The Morgan fingerprint density at radius 1 is 1.25 bits per heavy atom. The number of hydrogen-bond donors (Lipinski definition) is 0. The van der Waals surface area contributed by atoms with Gasteiger partial charge in [0.25, 0.3) is 0 Å². The summed E-state index contributed by atoms with van der Waals surface area (Å²) in [4.78, 5) is 36.7. The predicted octanol–water partition coefficient (Wildman–Crippen LogP) is 1.12. The van der Waals surface area contributed by atoms with Crippen molar-refractivity contribution in [1.29, 1.82) is 0 Å². The third kappa shape index (κ3) is 1.99. The molecule has 1 saturated carbocycles. The highest BCUT2D eigenvalue weighted by Crippen LogP contribution is 2.44. The monoisotopic (exact) mass is 273 g/mol. The highest BCUT2D eigenvalue weighted by Gasteiger charge is 2.59. The molecule has 0 aromatic heterocycles. The van der Waals surface area contributed by atoms with Gasteiger partial charge in [-0.25, -0.2) is 0 Å². The van der Waals surface area contributed by atoms with Crippen LogP contribution >= 0.6 is 0 Å². The van der Waals surface area contributed by atoms with Crippen LogP contribution in [0.2, 0.25) is 0 Å². The van der Waals surface area contributed by atoms with E-state index in [2.05, 4.69) is 0 Å². The number of carbonyl (C=O) groups is 3. The Morgan fingerprint density at radius 3 is 2.60 bits per heavy atom. The number of likely N-dealkylation sites (tertiary alicyclic amines) is 1. The molecule has 0 spiro atoms. The van der Waals surface area contributed by atoms with Crippen molar-refractivity contribution < 1.29 is 19.1 Å². The first-order valence-electron chi connectivity index (χ1n) is 6.64. The summed E-state index contributed by atoms with van der Waals surface area (Å²) in [5.41, 5.74) is 0.916. The molecule has 20 heavy (non-hydrogen) atoms. The summed E-state index contributed by atoms with van der Waals surface area (Å²) in [6.07, 6.45) is 0.0230. The standard InChI is InChI=1S/C15H15NO4/c1-9(17)20-12-7-11-13(12)15(19)16(14(11)18)8-10-5-3-2-4-6-10/h2-6,11-13H,7-8H2,1H3/t11-,12+,13-/m0/s1. The van der Waals surface area contributed by atoms with Crippen molar-refractivity contribution in [3.63, 3.8) is 0 Å². The second-order valence-corrected chi connectivity index (χ2v) is 5.26. The van der Waals surface area contributed by atoms with Gasteiger partial charge in [0.1, 0.15) is 6.10 Å². The Hall–Kier alpha value is -2.17. The third-order valence-electron chi connectivity index (χ3n) is 3.96. The molecule has 5 heteroatoms. The number of carbonyl (C=O) groups excluding carboxylic acids is 3. The van der Waals surface area contributed by atoms with E-state index < -0.39 is 18.0 Å². The maximum Gasteiger partial charge on any atom is 0.302 e. The molecule has 0 radical (unpaired) electrons. The van der Waals surface area contributed by atoms with Gasteiger partial charge >= 0.3 is 5.97 Å². The van der Waals surface area contributed by atoms with Crippen molar-refractivity contribution in [1.82, 2.24) is 4.90 Å². The number of esters is 1. The van der Waals surface area contributed by atoms with Gasteiger partial charge in [0.2, 0.25) is 11.8 Å². The maximum absolute atomic E-state index is 12.3. The molecule has 104 valence electrons. The molecule has 1 aromatic rings. The van der Waals surface area contributed by atoms with Gasteiger partial charge in [-0.15, -0.1) is 0 Å². The van der Waals surface area contributed by atoms with Crippen LogP contribution in [0.5, 0.6) is 0 Å². The van der Waals surface area contributed by atoms with Crippen LogP contribution in [0.25, 0.3) is 0 Å². The third-order valence-corrected chi connectivity index (χ3v) is 3.96. The summed E-state index contributed by atoms with van der Waals surface area (Å²) in [6.45, 7) is 1.61. The molecule has 1 aliphatic carbocycles. The van der Waals surface area contributed by atoms with E-state index in [0.29, 0.717) is 6.42 Å². The lowest BCUT2D eigenvalue weighted by atomic mass is 9.72. The first-order chi connectivity index (χ1) is 9.58. The van der Waals surface area contributed by atoms with Crippen LogP contribution in [0.15, 0.2) is 30.3 Å². The first-order valence-corrected chi connectivity index (χ1v) is 6.64. The van der Waals surface area contributed by atoms with E-state index in [0.717, 1.165) is 5.56 Å². The lowest BCUT2D eigenvalue weighted by Gasteiger charge is -2.35. The average molecular weight is 273 g/mol. The fraction of sp³-hybridized carbons (Fsp3) is 0.400. The van der Waals surface area contributed by atoms with Crippen molar-refractivity contribution in [3.8, 4) is 0 Å². The van der Waals surface area contributed by atoms with E-state index in [-0.39, 0.29) is 24.3 Å². The van der Waals surface area contributed by atoms with Crippen LogP contribution in [-0.4, -0.2) is 28.8 Å². The SMILES string of the molecule is CC(=O)O[C@@H]1C[C@@H]2C(=O)N(Cc3ccccc3)C(=O)[C@@H]21. The first kappa shape index (κ1) is 12.8. The van der Waals surface area contributed by atoms with Gasteiger partial charge in [-0.1, -0.05) is 30.3 Å². The van der Waals surface area contributed by atoms with Gasteiger partial charge in [0.05, 0.1) is 18.4 Å². The van der Waals surface area contributed by atoms with Gasteiger partial charge in [-0.3, -0.25) is 19.3 Å². The van der Waals surface area contributed by atoms with Crippen molar-refractivity contribution in [2.45, 2.75) is 26.0 Å². The number of fused-ring (bicyclic) bond motifs is 1. The summed E-state index contributed by atoms with van der Waals surface area (Å²) >= 11 is 0. The van der Waals surface area contributed by atoms with Crippen LogP contribution in [0.3, 0.4) is 0 Å². The molecular formula is C15H15NO4. The van der Waals surface area contributed by atoms with E-state index in [1.807, 2.05) is 30.3 Å². The summed E-state index contributed by atoms with van der Waals surface area (Å²) < 4.78 is 5.08. The minimum atomic E-state index is -0.477. The molecule has 2 amide bonds. The number of amides is 2. The summed E-state index contributed by atoms with van der Waals surface area (Å²) in [7, 11) is 0. The normalized spacial score (nSPS) is 28.1. The molecule has 0 unspecified atom stereocenters. The number of hydrogen-bond acceptors (Lipinski definition) is 4. The molecule has 1 saturated heterocycles. The number of benzene rings is 1. The molecule has 3 atom stereocenters. The minimum absolute atomic E-state index is 0.146. The molecule has 0 N–H and O–H groups in total. The highest BCUT2D eigenvalue weighted by atomic mass is 16.5. The quantitative estimate of drug-likeness (QED) is 0.611. The molecule has 1 heterocycles. The zero-order valence-electron chi connectivity index (χ0n) is 11.1. The molecule has 1 aliphatic heterocycles. The van der Waals surface area contributed by atoms with Crippen molar-refractivity contribution in [2.24, 2.45) is 11.8 Å². The van der Waals surface area contributed by atoms with Crippen LogP contribution in [0.1, 0.15) is 18.9 Å². The molecule has 0 bridgehead atoms. The van der Waals surface area contributed by atoms with Crippen LogP contribution in [0.4, 0.5) is 0 Å². The summed E-state index contributed by atoms with van der Waals surface area (Å²) in [5, 5.41) is 0.